The second kappa shape index (κ2) is 4.34. The van der Waals surface area contributed by atoms with Gasteiger partial charge in [0.25, 0.3) is 0 Å². The van der Waals surface area contributed by atoms with E-state index in [1.165, 1.54) is 0 Å². The highest BCUT2D eigenvalue weighted by Crippen LogP contribution is 2.34. The lowest BCUT2D eigenvalue weighted by molar-refractivity contribution is 0.169. The monoisotopic (exact) mass is 246 g/mol. The number of benzene rings is 1. The summed E-state index contributed by atoms with van der Waals surface area (Å²) in [7, 11) is 1.85. The third kappa shape index (κ3) is 1.82. The second-order valence-electron chi connectivity index (χ2n) is 4.24. The maximum atomic E-state index is 10.3. The lowest BCUT2D eigenvalue weighted by atomic mass is 10.1. The molecule has 0 aliphatic carbocycles. The summed E-state index contributed by atoms with van der Waals surface area (Å²) in [5, 5.41) is 10.3. The molecule has 0 spiro atoms. The fourth-order valence-electron chi connectivity index (χ4n) is 2.03. The number of fused-ring (bicyclic) bond motifs is 1. The van der Waals surface area contributed by atoms with E-state index in [-0.39, 0.29) is 0 Å². The highest BCUT2D eigenvalue weighted by molar-refractivity contribution is 5.45. The largest absolute Gasteiger partial charge is 0.486 e. The van der Waals surface area contributed by atoms with Crippen LogP contribution in [0.2, 0.25) is 0 Å². The molecule has 1 N–H and O–H groups in total. The summed E-state index contributed by atoms with van der Waals surface area (Å²) in [4.78, 5) is 4.00. The van der Waals surface area contributed by atoms with Crippen molar-refractivity contribution < 1.29 is 14.6 Å². The summed E-state index contributed by atoms with van der Waals surface area (Å²) in [5.41, 5.74) is 1.51. The summed E-state index contributed by atoms with van der Waals surface area (Å²) < 4.78 is 12.7. The minimum atomic E-state index is -0.715. The number of imidazole rings is 1. The van der Waals surface area contributed by atoms with Crippen LogP contribution in [0.3, 0.4) is 0 Å². The first-order valence-electron chi connectivity index (χ1n) is 5.79. The van der Waals surface area contributed by atoms with E-state index in [0.29, 0.717) is 19.0 Å². The third-order valence-corrected chi connectivity index (χ3v) is 3.02. The maximum absolute atomic E-state index is 10.3. The maximum Gasteiger partial charge on any atom is 0.161 e. The number of aliphatic hydroxyl groups excluding tert-OH is 1. The number of rotatable bonds is 2. The normalized spacial score (nSPS) is 15.4. The zero-order valence-electron chi connectivity index (χ0n) is 10.0. The molecule has 1 aromatic heterocycles. The van der Waals surface area contributed by atoms with Crippen LogP contribution in [0.1, 0.15) is 17.4 Å². The molecule has 1 aliphatic heterocycles. The molecular formula is C13H14N2O3. The molecule has 0 saturated carbocycles. The van der Waals surface area contributed by atoms with Gasteiger partial charge in [-0.25, -0.2) is 4.98 Å². The van der Waals surface area contributed by atoms with Crippen LogP contribution in [0.4, 0.5) is 0 Å². The lowest BCUT2D eigenvalue weighted by Crippen LogP contribution is -2.16. The molecule has 94 valence electrons. The van der Waals surface area contributed by atoms with Crippen molar-refractivity contribution in [1.29, 1.82) is 0 Å². The lowest BCUT2D eigenvalue weighted by Gasteiger charge is -2.20. The molecule has 0 saturated heterocycles. The van der Waals surface area contributed by atoms with Crippen molar-refractivity contribution in [2.24, 2.45) is 7.05 Å². The minimum absolute atomic E-state index is 0.540. The highest BCUT2D eigenvalue weighted by Gasteiger charge is 2.18. The molecular weight excluding hydrogens is 232 g/mol. The second-order valence-corrected chi connectivity index (χ2v) is 4.24. The number of ether oxygens (including phenoxy) is 2. The molecule has 0 radical (unpaired) electrons. The van der Waals surface area contributed by atoms with Gasteiger partial charge in [0.05, 0.1) is 18.2 Å². The van der Waals surface area contributed by atoms with Gasteiger partial charge in [0.15, 0.2) is 11.5 Å². The highest BCUT2D eigenvalue weighted by atomic mass is 16.6. The topological polar surface area (TPSA) is 56.5 Å². The fourth-order valence-corrected chi connectivity index (χ4v) is 2.03. The van der Waals surface area contributed by atoms with Crippen LogP contribution in [0.5, 0.6) is 11.5 Å². The molecule has 1 aliphatic rings. The molecule has 1 aromatic carbocycles. The van der Waals surface area contributed by atoms with Crippen molar-refractivity contribution in [3.63, 3.8) is 0 Å². The van der Waals surface area contributed by atoms with Crippen LogP contribution in [-0.2, 0) is 7.05 Å². The minimum Gasteiger partial charge on any atom is -0.486 e. The molecule has 0 amide bonds. The van der Waals surface area contributed by atoms with Gasteiger partial charge in [0, 0.05) is 7.05 Å². The Morgan fingerprint density at radius 3 is 2.78 bits per heavy atom. The molecule has 0 fully saturated rings. The number of hydrogen-bond acceptors (Lipinski definition) is 4. The molecule has 2 heterocycles. The molecule has 1 unspecified atom stereocenters. The number of nitrogens with zero attached hydrogens (tertiary/aromatic N) is 2. The van der Waals surface area contributed by atoms with E-state index in [2.05, 4.69) is 4.98 Å². The van der Waals surface area contributed by atoms with Gasteiger partial charge >= 0.3 is 0 Å². The molecule has 3 rings (SSSR count). The van der Waals surface area contributed by atoms with Gasteiger partial charge < -0.3 is 19.1 Å². The Kier molecular flexibility index (Phi) is 2.68. The summed E-state index contributed by atoms with van der Waals surface area (Å²) >= 11 is 0. The fraction of sp³-hybridized carbons (Fsp3) is 0.308. The molecule has 18 heavy (non-hydrogen) atoms. The van der Waals surface area contributed by atoms with Crippen LogP contribution >= 0.6 is 0 Å². The third-order valence-electron chi connectivity index (χ3n) is 3.02. The van der Waals surface area contributed by atoms with Gasteiger partial charge in [0.2, 0.25) is 0 Å². The molecule has 2 aromatic rings. The van der Waals surface area contributed by atoms with Crippen molar-refractivity contribution in [3.05, 3.63) is 42.0 Å². The summed E-state index contributed by atoms with van der Waals surface area (Å²) in [5.74, 6) is 1.40. The average molecular weight is 246 g/mol. The van der Waals surface area contributed by atoms with E-state index >= 15 is 0 Å². The molecule has 5 heteroatoms. The standard InChI is InChI=1S/C13H14N2O3/c1-15-8-14-7-10(15)13(16)9-2-3-11-12(6-9)18-5-4-17-11/h2-3,6-8,13,16H,4-5H2,1H3. The van der Waals surface area contributed by atoms with Gasteiger partial charge in [0.1, 0.15) is 19.3 Å². The van der Waals surface area contributed by atoms with E-state index < -0.39 is 6.10 Å². The molecule has 5 nitrogen and oxygen atoms in total. The van der Waals surface area contributed by atoms with Crippen LogP contribution in [0.15, 0.2) is 30.7 Å². The van der Waals surface area contributed by atoms with Crippen molar-refractivity contribution >= 4 is 0 Å². The van der Waals surface area contributed by atoms with E-state index in [1.807, 2.05) is 25.2 Å². The first-order valence-corrected chi connectivity index (χ1v) is 5.79. The van der Waals surface area contributed by atoms with Crippen LogP contribution < -0.4 is 9.47 Å². The zero-order valence-corrected chi connectivity index (χ0v) is 10.0. The number of aryl methyl sites for hydroxylation is 1. The summed E-state index contributed by atoms with van der Waals surface area (Å²) in [6, 6.07) is 5.47. The van der Waals surface area contributed by atoms with Gasteiger partial charge in [-0.05, 0) is 17.7 Å². The van der Waals surface area contributed by atoms with E-state index in [0.717, 1.165) is 17.0 Å². The van der Waals surface area contributed by atoms with Crippen LogP contribution in [0.25, 0.3) is 0 Å². The van der Waals surface area contributed by atoms with E-state index in [4.69, 9.17) is 9.47 Å². The van der Waals surface area contributed by atoms with Gasteiger partial charge in [-0.15, -0.1) is 0 Å². The van der Waals surface area contributed by atoms with E-state index in [1.54, 1.807) is 17.1 Å². The Hall–Kier alpha value is -2.01. The Labute approximate surface area is 105 Å². The number of hydrogen-bond donors (Lipinski definition) is 1. The smallest absolute Gasteiger partial charge is 0.161 e. The molecule has 1 atom stereocenters. The van der Waals surface area contributed by atoms with Crippen LogP contribution in [-0.4, -0.2) is 27.9 Å². The Balaban J connectivity index is 1.95. The zero-order chi connectivity index (χ0) is 12.5. The van der Waals surface area contributed by atoms with Crippen molar-refractivity contribution in [2.75, 3.05) is 13.2 Å². The number of aliphatic hydroxyl groups is 1. The van der Waals surface area contributed by atoms with Gasteiger partial charge in [-0.1, -0.05) is 6.07 Å². The van der Waals surface area contributed by atoms with Crippen molar-refractivity contribution in [1.82, 2.24) is 9.55 Å². The number of aromatic nitrogens is 2. The van der Waals surface area contributed by atoms with Crippen molar-refractivity contribution in [3.8, 4) is 11.5 Å². The predicted molar refractivity (Wildman–Crippen MR) is 64.7 cm³/mol. The SMILES string of the molecule is Cn1cncc1C(O)c1ccc2c(c1)OCCO2. The predicted octanol–water partition coefficient (Wildman–Crippen LogP) is 1.27. The first-order chi connectivity index (χ1) is 8.75. The average Bonchev–Trinajstić information content (AvgIpc) is 2.83. The van der Waals surface area contributed by atoms with E-state index in [9.17, 15) is 5.11 Å². The first kappa shape index (κ1) is 11.1. The van der Waals surface area contributed by atoms with Gasteiger partial charge in [-0.3, -0.25) is 0 Å². The summed E-state index contributed by atoms with van der Waals surface area (Å²) in [6.07, 6.45) is 2.60. The van der Waals surface area contributed by atoms with Crippen LogP contribution in [0, 0.1) is 0 Å². The Morgan fingerprint density at radius 2 is 2.06 bits per heavy atom. The Morgan fingerprint density at radius 1 is 1.28 bits per heavy atom. The molecule has 0 bridgehead atoms. The summed E-state index contributed by atoms with van der Waals surface area (Å²) in [6.45, 7) is 1.11. The van der Waals surface area contributed by atoms with Crippen molar-refractivity contribution in [2.45, 2.75) is 6.10 Å². The Bertz CT molecular complexity index is 565. The quantitative estimate of drug-likeness (QED) is 0.867. The van der Waals surface area contributed by atoms with Gasteiger partial charge in [-0.2, -0.15) is 0 Å².